The third kappa shape index (κ3) is 2.86. The standard InChI is InChI=1S/C18H24N6O/c1-25-11-18-7-12(8-18)9-24(10-18)17-19-5-4-15(21-17)20-16-6-14(22-23-16)13-2-3-13/h4-6,12-13H,2-3,7-11H2,1H3,(H2,19,20,21,22,23). The third-order valence-corrected chi connectivity index (χ3v) is 5.70. The van der Waals surface area contributed by atoms with E-state index in [1.165, 1.54) is 31.4 Å². The van der Waals surface area contributed by atoms with Crippen molar-refractivity contribution < 1.29 is 4.74 Å². The van der Waals surface area contributed by atoms with Crippen LogP contribution in [0.5, 0.6) is 0 Å². The summed E-state index contributed by atoms with van der Waals surface area (Å²) in [7, 11) is 1.79. The van der Waals surface area contributed by atoms with Crippen LogP contribution in [0.25, 0.3) is 0 Å². The molecule has 0 spiro atoms. The van der Waals surface area contributed by atoms with E-state index in [4.69, 9.17) is 9.72 Å². The van der Waals surface area contributed by atoms with Crippen molar-refractivity contribution in [1.29, 1.82) is 0 Å². The van der Waals surface area contributed by atoms with Crippen LogP contribution in [0.15, 0.2) is 18.3 Å². The highest BCUT2D eigenvalue weighted by Gasteiger charge is 2.50. The Balaban J connectivity index is 1.30. The highest BCUT2D eigenvalue weighted by molar-refractivity contribution is 5.54. The molecule has 2 aromatic heterocycles. The molecule has 132 valence electrons. The molecule has 2 saturated heterocycles. The zero-order chi connectivity index (χ0) is 16.9. The Morgan fingerprint density at radius 2 is 2.24 bits per heavy atom. The quantitative estimate of drug-likeness (QED) is 0.842. The number of nitrogens with one attached hydrogen (secondary N) is 2. The molecule has 0 radical (unpaired) electrons. The first-order chi connectivity index (χ1) is 12.2. The van der Waals surface area contributed by atoms with Gasteiger partial charge in [-0.05, 0) is 37.7 Å². The van der Waals surface area contributed by atoms with Gasteiger partial charge in [0.1, 0.15) is 5.82 Å². The van der Waals surface area contributed by atoms with Crippen LogP contribution in [0, 0.1) is 11.3 Å². The number of nitrogens with zero attached hydrogens (tertiary/aromatic N) is 4. The molecule has 7 heteroatoms. The molecule has 6 rings (SSSR count). The topological polar surface area (TPSA) is 79.0 Å². The van der Waals surface area contributed by atoms with Crippen molar-refractivity contribution in [3.05, 3.63) is 24.0 Å². The Hall–Kier alpha value is -2.15. The molecule has 4 fully saturated rings. The number of aromatic nitrogens is 4. The summed E-state index contributed by atoms with van der Waals surface area (Å²) in [5.41, 5.74) is 1.51. The molecule has 2 bridgehead atoms. The van der Waals surface area contributed by atoms with E-state index in [9.17, 15) is 0 Å². The van der Waals surface area contributed by atoms with Gasteiger partial charge in [0.25, 0.3) is 0 Å². The van der Waals surface area contributed by atoms with Crippen molar-refractivity contribution in [2.24, 2.45) is 11.3 Å². The summed E-state index contributed by atoms with van der Waals surface area (Å²) in [5.74, 6) is 3.83. The third-order valence-electron chi connectivity index (χ3n) is 5.70. The van der Waals surface area contributed by atoms with Gasteiger partial charge in [0.05, 0.1) is 6.61 Å². The maximum absolute atomic E-state index is 5.44. The molecule has 2 N–H and O–H groups in total. The largest absolute Gasteiger partial charge is 0.384 e. The fourth-order valence-corrected chi connectivity index (χ4v) is 4.53. The van der Waals surface area contributed by atoms with Gasteiger partial charge in [-0.1, -0.05) is 0 Å². The summed E-state index contributed by atoms with van der Waals surface area (Å²) in [4.78, 5) is 11.5. The van der Waals surface area contributed by atoms with Gasteiger partial charge in [-0.3, -0.25) is 5.10 Å². The lowest BCUT2D eigenvalue weighted by molar-refractivity contribution is -0.0371. The van der Waals surface area contributed by atoms with Crippen molar-refractivity contribution in [3.8, 4) is 0 Å². The Labute approximate surface area is 147 Å². The number of ether oxygens (including phenoxy) is 1. The van der Waals surface area contributed by atoms with Gasteiger partial charge in [0.15, 0.2) is 5.82 Å². The molecule has 2 aliphatic carbocycles. The van der Waals surface area contributed by atoms with E-state index in [1.807, 2.05) is 12.3 Å². The van der Waals surface area contributed by atoms with E-state index in [-0.39, 0.29) is 0 Å². The molecule has 2 aromatic rings. The lowest BCUT2D eigenvalue weighted by Crippen LogP contribution is -2.58. The predicted octanol–water partition coefficient (Wildman–Crippen LogP) is 2.68. The molecule has 25 heavy (non-hydrogen) atoms. The molecule has 0 amide bonds. The van der Waals surface area contributed by atoms with Gasteiger partial charge in [0, 0.05) is 49.5 Å². The van der Waals surface area contributed by atoms with Crippen LogP contribution in [-0.4, -0.2) is 47.0 Å². The second-order valence-electron chi connectivity index (χ2n) is 7.94. The highest BCUT2D eigenvalue weighted by atomic mass is 16.5. The maximum Gasteiger partial charge on any atom is 0.227 e. The average Bonchev–Trinajstić information content (AvgIpc) is 3.35. The van der Waals surface area contributed by atoms with Gasteiger partial charge in [-0.25, -0.2) is 4.98 Å². The molecule has 0 atom stereocenters. The smallest absolute Gasteiger partial charge is 0.227 e. The van der Waals surface area contributed by atoms with Crippen LogP contribution < -0.4 is 10.2 Å². The Morgan fingerprint density at radius 1 is 1.36 bits per heavy atom. The summed E-state index contributed by atoms with van der Waals surface area (Å²) < 4.78 is 5.44. The predicted molar refractivity (Wildman–Crippen MR) is 95.1 cm³/mol. The molecule has 0 unspecified atom stereocenters. The minimum absolute atomic E-state index is 0.297. The fraction of sp³-hybridized carbons (Fsp3) is 0.611. The normalized spacial score (nSPS) is 27.9. The fourth-order valence-electron chi connectivity index (χ4n) is 4.53. The lowest BCUT2D eigenvalue weighted by atomic mass is 9.59. The van der Waals surface area contributed by atoms with E-state index >= 15 is 0 Å². The molecule has 4 heterocycles. The highest BCUT2D eigenvalue weighted by Crippen LogP contribution is 2.51. The van der Waals surface area contributed by atoms with Crippen LogP contribution >= 0.6 is 0 Å². The SMILES string of the molecule is COCC12CC(CN(c3nccc(Nc4cc(C5CC5)[nH]n4)n3)C1)C2. The number of hydrogen-bond acceptors (Lipinski definition) is 6. The molecular formula is C18H24N6O. The average molecular weight is 340 g/mol. The molecule has 0 aromatic carbocycles. The first-order valence-electron chi connectivity index (χ1n) is 9.12. The summed E-state index contributed by atoms with van der Waals surface area (Å²) >= 11 is 0. The van der Waals surface area contributed by atoms with Crippen molar-refractivity contribution in [1.82, 2.24) is 20.2 Å². The van der Waals surface area contributed by atoms with Crippen LogP contribution in [-0.2, 0) is 4.74 Å². The van der Waals surface area contributed by atoms with E-state index < -0.39 is 0 Å². The van der Waals surface area contributed by atoms with E-state index in [0.29, 0.717) is 11.3 Å². The van der Waals surface area contributed by atoms with Crippen molar-refractivity contribution in [2.75, 3.05) is 37.0 Å². The Morgan fingerprint density at radius 3 is 3.04 bits per heavy atom. The minimum Gasteiger partial charge on any atom is -0.384 e. The Bertz CT molecular complexity index is 759. The molecule has 2 saturated carbocycles. The first-order valence-corrected chi connectivity index (χ1v) is 9.12. The number of hydrogen-bond donors (Lipinski definition) is 2. The molecular weight excluding hydrogens is 316 g/mol. The Kier molecular flexibility index (Phi) is 3.45. The number of piperidine rings is 2. The molecule has 2 aliphatic heterocycles. The maximum atomic E-state index is 5.44. The number of rotatable bonds is 6. The number of anilines is 3. The summed E-state index contributed by atoms with van der Waals surface area (Å²) in [6, 6.07) is 3.98. The second-order valence-corrected chi connectivity index (χ2v) is 7.94. The van der Waals surface area contributed by atoms with Crippen LogP contribution in [0.1, 0.15) is 37.3 Å². The van der Waals surface area contributed by atoms with Crippen LogP contribution in [0.3, 0.4) is 0 Å². The monoisotopic (exact) mass is 340 g/mol. The summed E-state index contributed by atoms with van der Waals surface area (Å²) in [6.45, 7) is 2.85. The number of aromatic amines is 1. The van der Waals surface area contributed by atoms with E-state index in [2.05, 4.69) is 31.5 Å². The molecule has 4 aliphatic rings. The van der Waals surface area contributed by atoms with Gasteiger partial charge >= 0.3 is 0 Å². The lowest BCUT2D eigenvalue weighted by Gasteiger charge is -2.56. The van der Waals surface area contributed by atoms with Crippen molar-refractivity contribution >= 4 is 17.6 Å². The zero-order valence-electron chi connectivity index (χ0n) is 14.5. The van der Waals surface area contributed by atoms with E-state index in [0.717, 1.165) is 43.2 Å². The number of methoxy groups -OCH3 is 1. The van der Waals surface area contributed by atoms with Gasteiger partial charge in [-0.2, -0.15) is 10.1 Å². The molecule has 7 nitrogen and oxygen atoms in total. The summed E-state index contributed by atoms with van der Waals surface area (Å²) in [5, 5.41) is 10.8. The van der Waals surface area contributed by atoms with Crippen molar-refractivity contribution in [2.45, 2.75) is 31.6 Å². The number of fused-ring (bicyclic) bond motifs is 2. The second kappa shape index (κ2) is 5.69. The summed E-state index contributed by atoms with van der Waals surface area (Å²) in [6.07, 6.45) is 6.89. The van der Waals surface area contributed by atoms with Crippen molar-refractivity contribution in [3.63, 3.8) is 0 Å². The van der Waals surface area contributed by atoms with E-state index in [1.54, 1.807) is 7.11 Å². The first kappa shape index (κ1) is 15.1. The minimum atomic E-state index is 0.297. The van der Waals surface area contributed by atoms with Crippen LogP contribution in [0.4, 0.5) is 17.6 Å². The van der Waals surface area contributed by atoms with Gasteiger partial charge < -0.3 is 15.0 Å². The van der Waals surface area contributed by atoms with Gasteiger partial charge in [0.2, 0.25) is 5.95 Å². The zero-order valence-corrected chi connectivity index (χ0v) is 14.5. The van der Waals surface area contributed by atoms with Gasteiger partial charge in [-0.15, -0.1) is 0 Å². The van der Waals surface area contributed by atoms with Crippen LogP contribution in [0.2, 0.25) is 0 Å². The number of H-pyrrole nitrogens is 1.